The smallest absolute Gasteiger partial charge is 0.252 e. The van der Waals surface area contributed by atoms with E-state index in [4.69, 9.17) is 4.74 Å². The molecular formula is C13H21NO3S2. The Bertz CT molecular complexity index is 508. The van der Waals surface area contributed by atoms with Gasteiger partial charge in [-0.2, -0.15) is 4.31 Å². The molecule has 1 aliphatic rings. The molecule has 2 heterocycles. The third-order valence-electron chi connectivity index (χ3n) is 3.46. The van der Waals surface area contributed by atoms with Gasteiger partial charge in [0.2, 0.25) is 0 Å². The molecule has 0 aromatic carbocycles. The number of sulfonamides is 1. The molecule has 6 heteroatoms. The second-order valence-electron chi connectivity index (χ2n) is 4.90. The van der Waals surface area contributed by atoms with Crippen molar-refractivity contribution in [3.63, 3.8) is 0 Å². The minimum Gasteiger partial charge on any atom is -0.384 e. The highest BCUT2D eigenvalue weighted by Gasteiger charge is 2.31. The third kappa shape index (κ3) is 3.37. The Morgan fingerprint density at radius 1 is 1.47 bits per heavy atom. The van der Waals surface area contributed by atoms with Gasteiger partial charge in [0.05, 0.1) is 6.61 Å². The van der Waals surface area contributed by atoms with Gasteiger partial charge in [0.15, 0.2) is 0 Å². The fourth-order valence-electron chi connectivity index (χ4n) is 2.43. The van der Waals surface area contributed by atoms with Crippen LogP contribution in [0.2, 0.25) is 0 Å². The SMILES string of the molecule is CCc1ccc(S(=O)(=O)N2CCCC(COC)C2)s1. The van der Waals surface area contributed by atoms with Crippen LogP contribution >= 0.6 is 11.3 Å². The molecule has 1 aliphatic heterocycles. The van der Waals surface area contributed by atoms with E-state index < -0.39 is 10.0 Å². The third-order valence-corrected chi connectivity index (χ3v) is 7.03. The molecule has 0 amide bonds. The van der Waals surface area contributed by atoms with E-state index in [1.165, 1.54) is 11.3 Å². The Morgan fingerprint density at radius 3 is 2.89 bits per heavy atom. The van der Waals surface area contributed by atoms with E-state index in [1.807, 2.05) is 13.0 Å². The highest BCUT2D eigenvalue weighted by Crippen LogP contribution is 2.28. The molecular weight excluding hydrogens is 282 g/mol. The number of aryl methyl sites for hydroxylation is 1. The van der Waals surface area contributed by atoms with Crippen LogP contribution in [0.1, 0.15) is 24.6 Å². The fraction of sp³-hybridized carbons (Fsp3) is 0.692. The van der Waals surface area contributed by atoms with Crippen molar-refractivity contribution in [3.05, 3.63) is 17.0 Å². The monoisotopic (exact) mass is 303 g/mol. The molecule has 4 nitrogen and oxygen atoms in total. The highest BCUT2D eigenvalue weighted by atomic mass is 32.2. The summed E-state index contributed by atoms with van der Waals surface area (Å²) < 4.78 is 32.4. The average molecular weight is 303 g/mol. The van der Waals surface area contributed by atoms with Crippen molar-refractivity contribution in [1.82, 2.24) is 4.31 Å². The maximum atomic E-state index is 12.6. The van der Waals surface area contributed by atoms with Crippen molar-refractivity contribution in [2.45, 2.75) is 30.4 Å². The van der Waals surface area contributed by atoms with Gasteiger partial charge in [-0.25, -0.2) is 8.42 Å². The molecule has 1 aromatic rings. The van der Waals surface area contributed by atoms with Crippen LogP contribution in [0.5, 0.6) is 0 Å². The first-order valence-corrected chi connectivity index (χ1v) is 8.91. The lowest BCUT2D eigenvalue weighted by Crippen LogP contribution is -2.40. The molecule has 19 heavy (non-hydrogen) atoms. The molecule has 0 N–H and O–H groups in total. The van der Waals surface area contributed by atoms with E-state index in [2.05, 4.69) is 0 Å². The molecule has 1 fully saturated rings. The summed E-state index contributed by atoms with van der Waals surface area (Å²) >= 11 is 1.39. The normalized spacial score (nSPS) is 21.7. The maximum absolute atomic E-state index is 12.6. The minimum atomic E-state index is -3.31. The summed E-state index contributed by atoms with van der Waals surface area (Å²) in [6.45, 7) is 3.88. The Balaban J connectivity index is 2.14. The van der Waals surface area contributed by atoms with Gasteiger partial charge in [0, 0.05) is 25.1 Å². The molecule has 2 rings (SSSR count). The van der Waals surface area contributed by atoms with Gasteiger partial charge >= 0.3 is 0 Å². The van der Waals surface area contributed by atoms with Gasteiger partial charge in [0.1, 0.15) is 4.21 Å². The molecule has 1 aromatic heterocycles. The van der Waals surface area contributed by atoms with Crippen molar-refractivity contribution in [1.29, 1.82) is 0 Å². The zero-order valence-corrected chi connectivity index (χ0v) is 13.1. The largest absolute Gasteiger partial charge is 0.384 e. The number of hydrogen-bond acceptors (Lipinski definition) is 4. The Kier molecular flexibility index (Phi) is 5.00. The summed E-state index contributed by atoms with van der Waals surface area (Å²) in [7, 11) is -1.64. The van der Waals surface area contributed by atoms with Crippen molar-refractivity contribution in [2.75, 3.05) is 26.8 Å². The molecule has 0 bridgehead atoms. The summed E-state index contributed by atoms with van der Waals surface area (Å²) in [4.78, 5) is 1.11. The van der Waals surface area contributed by atoms with Crippen LogP contribution in [0.15, 0.2) is 16.3 Å². The fourth-order valence-corrected chi connectivity index (χ4v) is 5.44. The van der Waals surface area contributed by atoms with Crippen LogP contribution in [-0.4, -0.2) is 39.5 Å². The summed E-state index contributed by atoms with van der Waals surface area (Å²) in [5.74, 6) is 0.319. The number of nitrogens with zero attached hydrogens (tertiary/aromatic N) is 1. The Labute approximate surface area is 119 Å². The number of piperidine rings is 1. The van der Waals surface area contributed by atoms with E-state index in [-0.39, 0.29) is 0 Å². The first-order valence-electron chi connectivity index (χ1n) is 6.65. The zero-order valence-electron chi connectivity index (χ0n) is 11.5. The second-order valence-corrected chi connectivity index (χ2v) is 8.23. The van der Waals surface area contributed by atoms with Crippen molar-refractivity contribution in [2.24, 2.45) is 5.92 Å². The topological polar surface area (TPSA) is 46.6 Å². The number of thiophene rings is 1. The lowest BCUT2D eigenvalue weighted by molar-refractivity contribution is 0.118. The first-order chi connectivity index (χ1) is 9.07. The molecule has 0 aliphatic carbocycles. The van der Waals surface area contributed by atoms with Crippen LogP contribution in [0.4, 0.5) is 0 Å². The number of rotatable bonds is 5. The molecule has 0 spiro atoms. The van der Waals surface area contributed by atoms with Crippen molar-refractivity contribution >= 4 is 21.4 Å². The molecule has 1 saturated heterocycles. The minimum absolute atomic E-state index is 0.319. The van der Waals surface area contributed by atoms with Gasteiger partial charge in [-0.15, -0.1) is 11.3 Å². The molecule has 1 atom stereocenters. The number of methoxy groups -OCH3 is 1. The molecule has 0 saturated carbocycles. The van der Waals surface area contributed by atoms with E-state index in [0.29, 0.717) is 29.8 Å². The Hall–Kier alpha value is -0.430. The van der Waals surface area contributed by atoms with Crippen LogP contribution in [0.25, 0.3) is 0 Å². The van der Waals surface area contributed by atoms with E-state index in [1.54, 1.807) is 17.5 Å². The standard InChI is InChI=1S/C13H21NO3S2/c1-3-12-6-7-13(18-12)19(15,16)14-8-4-5-11(9-14)10-17-2/h6-7,11H,3-5,8-10H2,1-2H3. The van der Waals surface area contributed by atoms with Crippen LogP contribution in [0.3, 0.4) is 0 Å². The predicted molar refractivity (Wildman–Crippen MR) is 77.1 cm³/mol. The number of ether oxygens (including phenoxy) is 1. The van der Waals surface area contributed by atoms with Crippen LogP contribution in [-0.2, 0) is 21.2 Å². The van der Waals surface area contributed by atoms with E-state index in [0.717, 1.165) is 24.1 Å². The van der Waals surface area contributed by atoms with Gasteiger partial charge in [-0.3, -0.25) is 0 Å². The predicted octanol–water partition coefficient (Wildman–Crippen LogP) is 2.36. The molecule has 108 valence electrons. The van der Waals surface area contributed by atoms with Crippen LogP contribution in [0, 0.1) is 5.92 Å². The van der Waals surface area contributed by atoms with Gasteiger partial charge in [0.25, 0.3) is 10.0 Å². The lowest BCUT2D eigenvalue weighted by Gasteiger charge is -2.31. The van der Waals surface area contributed by atoms with Gasteiger partial charge < -0.3 is 4.74 Å². The summed E-state index contributed by atoms with van der Waals surface area (Å²) in [6.07, 6.45) is 2.84. The van der Waals surface area contributed by atoms with Crippen molar-refractivity contribution in [3.8, 4) is 0 Å². The lowest BCUT2D eigenvalue weighted by atomic mass is 10.0. The maximum Gasteiger partial charge on any atom is 0.252 e. The summed E-state index contributed by atoms with van der Waals surface area (Å²) in [5.41, 5.74) is 0. The molecule has 1 unspecified atom stereocenters. The average Bonchev–Trinajstić information content (AvgIpc) is 2.89. The second kappa shape index (κ2) is 6.35. The Morgan fingerprint density at radius 2 is 2.26 bits per heavy atom. The summed E-state index contributed by atoms with van der Waals surface area (Å²) in [6, 6.07) is 3.65. The quantitative estimate of drug-likeness (QED) is 0.839. The van der Waals surface area contributed by atoms with E-state index >= 15 is 0 Å². The van der Waals surface area contributed by atoms with E-state index in [9.17, 15) is 8.42 Å². The van der Waals surface area contributed by atoms with Gasteiger partial charge in [-0.05, 0) is 37.3 Å². The highest BCUT2D eigenvalue weighted by molar-refractivity contribution is 7.91. The van der Waals surface area contributed by atoms with Crippen molar-refractivity contribution < 1.29 is 13.2 Å². The van der Waals surface area contributed by atoms with Crippen LogP contribution < -0.4 is 0 Å². The summed E-state index contributed by atoms with van der Waals surface area (Å²) in [5, 5.41) is 0. The molecule has 0 radical (unpaired) electrons. The first kappa shape index (κ1) is 15.0. The number of hydrogen-bond donors (Lipinski definition) is 0. The van der Waals surface area contributed by atoms with Gasteiger partial charge in [-0.1, -0.05) is 6.92 Å². The zero-order chi connectivity index (χ0) is 13.9.